The second-order valence-corrected chi connectivity index (χ2v) is 4.36. The van der Waals surface area contributed by atoms with Gasteiger partial charge >= 0.3 is 6.18 Å². The lowest BCUT2D eigenvalue weighted by Gasteiger charge is -2.20. The third-order valence-electron chi connectivity index (χ3n) is 2.74. The molecule has 0 fully saturated rings. The molecule has 1 aromatic rings. The fourth-order valence-corrected chi connectivity index (χ4v) is 1.65. The fraction of sp³-hybridized carbons (Fsp3) is 0.385. The summed E-state index contributed by atoms with van der Waals surface area (Å²) in [5.74, 6) is -0.436. The molecule has 1 rings (SSSR count). The van der Waals surface area contributed by atoms with Gasteiger partial charge in [-0.05, 0) is 12.1 Å². The number of aliphatic hydroxyl groups excluding tert-OH is 2. The first-order chi connectivity index (χ1) is 9.66. The topological polar surface area (TPSA) is 93.3 Å². The first-order valence-corrected chi connectivity index (χ1v) is 5.88. The molecule has 0 radical (unpaired) electrons. The van der Waals surface area contributed by atoms with Crippen LogP contribution in [0.15, 0.2) is 18.2 Å². The zero-order valence-electron chi connectivity index (χ0n) is 11.0. The Kier molecular flexibility index (Phi) is 5.29. The van der Waals surface area contributed by atoms with Crippen LogP contribution in [0.25, 0.3) is 0 Å². The van der Waals surface area contributed by atoms with Crippen LogP contribution in [0.1, 0.15) is 29.7 Å². The molecule has 1 amide bonds. The minimum absolute atomic E-state index is 0.136. The van der Waals surface area contributed by atoms with E-state index in [0.717, 1.165) is 6.07 Å². The van der Waals surface area contributed by atoms with Crippen LogP contribution in [0.5, 0.6) is 0 Å². The van der Waals surface area contributed by atoms with E-state index in [2.05, 4.69) is 5.32 Å². The molecule has 0 aromatic heterocycles. The van der Waals surface area contributed by atoms with Gasteiger partial charge in [-0.2, -0.15) is 18.4 Å². The molecule has 0 aliphatic carbocycles. The molecule has 1 aromatic carbocycles. The van der Waals surface area contributed by atoms with Crippen molar-refractivity contribution >= 4 is 5.91 Å². The summed E-state index contributed by atoms with van der Waals surface area (Å²) in [6, 6.07) is 3.80. The normalized spacial score (nSPS) is 14.1. The van der Waals surface area contributed by atoms with Gasteiger partial charge in [-0.25, -0.2) is 0 Å². The average Bonchev–Trinajstić information content (AvgIpc) is 2.42. The van der Waals surface area contributed by atoms with Crippen molar-refractivity contribution in [1.82, 2.24) is 5.32 Å². The Labute approximate surface area is 118 Å². The van der Waals surface area contributed by atoms with E-state index >= 15 is 0 Å². The minimum atomic E-state index is -4.61. The lowest BCUT2D eigenvalue weighted by atomic mass is 9.97. The summed E-state index contributed by atoms with van der Waals surface area (Å²) in [5.41, 5.74) is -1.55. The molecule has 2 atom stereocenters. The predicted octanol–water partition coefficient (Wildman–Crippen LogP) is 1.11. The van der Waals surface area contributed by atoms with Crippen LogP contribution in [0, 0.1) is 11.3 Å². The Hall–Kier alpha value is -2.11. The summed E-state index contributed by atoms with van der Waals surface area (Å²) in [5, 5.41) is 30.7. The van der Waals surface area contributed by atoms with Crippen LogP contribution < -0.4 is 5.32 Å². The summed E-state index contributed by atoms with van der Waals surface area (Å²) in [6.45, 7) is 0.917. The maximum Gasteiger partial charge on any atom is 0.416 e. The molecule has 114 valence electrons. The van der Waals surface area contributed by atoms with Crippen molar-refractivity contribution in [3.05, 3.63) is 34.9 Å². The van der Waals surface area contributed by atoms with Gasteiger partial charge in [0.25, 0.3) is 0 Å². The predicted molar refractivity (Wildman–Crippen MR) is 65.8 cm³/mol. The summed E-state index contributed by atoms with van der Waals surface area (Å²) in [7, 11) is 0. The van der Waals surface area contributed by atoms with Gasteiger partial charge in [-0.15, -0.1) is 0 Å². The Morgan fingerprint density at radius 3 is 2.52 bits per heavy atom. The van der Waals surface area contributed by atoms with Crippen LogP contribution in [0.3, 0.4) is 0 Å². The first-order valence-electron chi connectivity index (χ1n) is 5.88. The van der Waals surface area contributed by atoms with E-state index in [1.807, 2.05) is 0 Å². The van der Waals surface area contributed by atoms with Crippen molar-refractivity contribution in [3.8, 4) is 6.07 Å². The van der Waals surface area contributed by atoms with Crippen molar-refractivity contribution in [2.45, 2.75) is 25.3 Å². The molecule has 0 spiro atoms. The molecular formula is C13H13F3N2O3. The van der Waals surface area contributed by atoms with Crippen molar-refractivity contribution in [2.24, 2.45) is 0 Å². The number of carbonyl (C=O) groups excluding carboxylic acids is 1. The van der Waals surface area contributed by atoms with Crippen molar-refractivity contribution < 1.29 is 28.2 Å². The highest BCUT2D eigenvalue weighted by atomic mass is 19.4. The number of nitriles is 1. The molecular weight excluding hydrogens is 289 g/mol. The highest BCUT2D eigenvalue weighted by Gasteiger charge is 2.32. The van der Waals surface area contributed by atoms with Crippen LogP contribution in [0.4, 0.5) is 13.2 Å². The van der Waals surface area contributed by atoms with Gasteiger partial charge in [0.15, 0.2) is 0 Å². The van der Waals surface area contributed by atoms with Crippen molar-refractivity contribution in [3.63, 3.8) is 0 Å². The number of amides is 1. The van der Waals surface area contributed by atoms with E-state index < -0.39 is 29.9 Å². The first kappa shape index (κ1) is 16.9. The quantitative estimate of drug-likeness (QED) is 0.776. The van der Waals surface area contributed by atoms with Crippen molar-refractivity contribution in [2.75, 3.05) is 6.54 Å². The third kappa shape index (κ3) is 4.44. The molecule has 5 nitrogen and oxygen atoms in total. The number of hydrogen-bond donors (Lipinski definition) is 3. The minimum Gasteiger partial charge on any atom is -0.388 e. The summed E-state index contributed by atoms with van der Waals surface area (Å²) in [4.78, 5) is 10.7. The molecule has 0 saturated carbocycles. The number of carbonyl (C=O) groups is 1. The SMILES string of the molecule is CC(=O)NCC(O)C(O)c1ccc(C(F)(F)F)cc1C#N. The van der Waals surface area contributed by atoms with Gasteiger partial charge < -0.3 is 15.5 Å². The monoisotopic (exact) mass is 302 g/mol. The molecule has 0 aliphatic heterocycles. The van der Waals surface area contributed by atoms with Gasteiger partial charge in [-0.1, -0.05) is 6.07 Å². The Morgan fingerprint density at radius 2 is 2.05 bits per heavy atom. The summed E-state index contributed by atoms with van der Waals surface area (Å²) < 4.78 is 37.6. The van der Waals surface area contributed by atoms with Gasteiger partial charge in [0.1, 0.15) is 12.2 Å². The van der Waals surface area contributed by atoms with Gasteiger partial charge in [0.05, 0.1) is 17.2 Å². The molecule has 0 heterocycles. The Bertz CT molecular complexity index is 567. The Morgan fingerprint density at radius 1 is 1.43 bits per heavy atom. The number of nitrogens with one attached hydrogen (secondary N) is 1. The van der Waals surface area contributed by atoms with E-state index in [9.17, 15) is 28.2 Å². The second kappa shape index (κ2) is 6.56. The fourth-order valence-electron chi connectivity index (χ4n) is 1.65. The average molecular weight is 302 g/mol. The molecule has 2 unspecified atom stereocenters. The maximum absolute atomic E-state index is 12.5. The molecule has 0 bridgehead atoms. The highest BCUT2D eigenvalue weighted by Crippen LogP contribution is 2.32. The zero-order chi connectivity index (χ0) is 16.2. The highest BCUT2D eigenvalue weighted by molar-refractivity contribution is 5.72. The third-order valence-corrected chi connectivity index (χ3v) is 2.74. The van der Waals surface area contributed by atoms with Gasteiger partial charge in [0.2, 0.25) is 5.91 Å². The summed E-state index contributed by atoms with van der Waals surface area (Å²) >= 11 is 0. The number of alkyl halides is 3. The standard InChI is InChI=1S/C13H13F3N2O3/c1-7(19)18-6-11(20)12(21)10-3-2-9(13(14,15)16)4-8(10)5-17/h2-4,11-12,20-21H,6H2,1H3,(H,18,19). The van der Waals surface area contributed by atoms with E-state index in [4.69, 9.17) is 5.26 Å². The smallest absolute Gasteiger partial charge is 0.388 e. The number of halogens is 3. The number of nitrogens with zero attached hydrogens (tertiary/aromatic N) is 1. The lowest BCUT2D eigenvalue weighted by molar-refractivity contribution is -0.137. The van der Waals surface area contributed by atoms with Crippen LogP contribution in [-0.4, -0.2) is 28.8 Å². The second-order valence-electron chi connectivity index (χ2n) is 4.36. The molecule has 8 heteroatoms. The van der Waals surface area contributed by atoms with E-state index in [0.29, 0.717) is 12.1 Å². The molecule has 0 aliphatic rings. The molecule has 3 N–H and O–H groups in total. The van der Waals surface area contributed by atoms with E-state index in [1.54, 1.807) is 6.07 Å². The van der Waals surface area contributed by atoms with Crippen LogP contribution >= 0.6 is 0 Å². The number of rotatable bonds is 4. The summed E-state index contributed by atoms with van der Waals surface area (Å²) in [6.07, 6.45) is -7.64. The van der Waals surface area contributed by atoms with Crippen molar-refractivity contribution in [1.29, 1.82) is 5.26 Å². The number of aliphatic hydroxyl groups is 2. The zero-order valence-corrected chi connectivity index (χ0v) is 11.0. The largest absolute Gasteiger partial charge is 0.416 e. The van der Waals surface area contributed by atoms with E-state index in [-0.39, 0.29) is 17.7 Å². The maximum atomic E-state index is 12.5. The van der Waals surface area contributed by atoms with Crippen LogP contribution in [0.2, 0.25) is 0 Å². The van der Waals surface area contributed by atoms with E-state index in [1.165, 1.54) is 6.92 Å². The van der Waals surface area contributed by atoms with Gasteiger partial charge in [0, 0.05) is 19.0 Å². The number of benzene rings is 1. The number of hydrogen-bond acceptors (Lipinski definition) is 4. The molecule has 0 saturated heterocycles. The Balaban J connectivity index is 3.02. The molecule has 21 heavy (non-hydrogen) atoms. The van der Waals surface area contributed by atoms with Crippen LogP contribution in [-0.2, 0) is 11.0 Å². The lowest BCUT2D eigenvalue weighted by Crippen LogP contribution is -2.34. The van der Waals surface area contributed by atoms with Gasteiger partial charge in [-0.3, -0.25) is 4.79 Å².